The van der Waals surface area contributed by atoms with E-state index in [1.807, 2.05) is 0 Å². The summed E-state index contributed by atoms with van der Waals surface area (Å²) < 4.78 is 54.2. The Morgan fingerprint density at radius 3 is 2.60 bits per heavy atom. The van der Waals surface area contributed by atoms with E-state index in [1.54, 1.807) is 0 Å². The van der Waals surface area contributed by atoms with Crippen molar-refractivity contribution in [2.45, 2.75) is 43.7 Å². The predicted octanol–water partition coefficient (Wildman–Crippen LogP) is 2.81. The second-order valence-electron chi connectivity index (χ2n) is 4.99. The van der Waals surface area contributed by atoms with E-state index >= 15 is 0 Å². The number of benzene rings is 1. The quantitative estimate of drug-likeness (QED) is 0.824. The van der Waals surface area contributed by atoms with Gasteiger partial charge in [0.1, 0.15) is 11.6 Å². The van der Waals surface area contributed by atoms with Gasteiger partial charge in [-0.15, -0.1) is 13.2 Å². The van der Waals surface area contributed by atoms with Crippen LogP contribution in [-0.2, 0) is 5.54 Å². The molecule has 20 heavy (non-hydrogen) atoms. The predicted molar refractivity (Wildman–Crippen MR) is 63.4 cm³/mol. The van der Waals surface area contributed by atoms with Crippen molar-refractivity contribution in [2.24, 2.45) is 5.73 Å². The molecule has 0 aromatic heterocycles. The summed E-state index contributed by atoms with van der Waals surface area (Å²) in [5.41, 5.74) is 4.50. The summed E-state index contributed by atoms with van der Waals surface area (Å²) >= 11 is 0. The first-order valence-corrected chi connectivity index (χ1v) is 6.25. The first-order valence-electron chi connectivity index (χ1n) is 6.25. The van der Waals surface area contributed by atoms with Gasteiger partial charge in [0.05, 0.1) is 11.6 Å². The first kappa shape index (κ1) is 15.1. The molecule has 0 amide bonds. The molecule has 0 heterocycles. The minimum Gasteiger partial charge on any atom is -0.406 e. The number of halogens is 4. The summed E-state index contributed by atoms with van der Waals surface area (Å²) in [4.78, 5) is 0. The van der Waals surface area contributed by atoms with Crippen LogP contribution in [0, 0.1) is 5.82 Å². The average molecular weight is 293 g/mol. The van der Waals surface area contributed by atoms with Crippen LogP contribution in [0.1, 0.15) is 31.2 Å². The fourth-order valence-electron chi connectivity index (χ4n) is 2.55. The highest BCUT2D eigenvalue weighted by Gasteiger charge is 2.40. The van der Waals surface area contributed by atoms with Gasteiger partial charge in [0.2, 0.25) is 0 Å². The molecule has 0 bridgehead atoms. The van der Waals surface area contributed by atoms with Gasteiger partial charge in [-0.3, -0.25) is 0 Å². The van der Waals surface area contributed by atoms with Crippen molar-refractivity contribution in [1.29, 1.82) is 0 Å². The van der Waals surface area contributed by atoms with E-state index in [2.05, 4.69) is 4.74 Å². The van der Waals surface area contributed by atoms with Crippen molar-refractivity contribution in [3.63, 3.8) is 0 Å². The molecule has 2 atom stereocenters. The minimum atomic E-state index is -4.86. The van der Waals surface area contributed by atoms with Crippen molar-refractivity contribution in [1.82, 2.24) is 0 Å². The van der Waals surface area contributed by atoms with E-state index in [0.717, 1.165) is 24.6 Å². The summed E-state index contributed by atoms with van der Waals surface area (Å²) in [5, 5.41) is 9.97. The van der Waals surface area contributed by atoms with Gasteiger partial charge in [-0.1, -0.05) is 12.8 Å². The normalized spacial score (nSPS) is 27.4. The monoisotopic (exact) mass is 293 g/mol. The van der Waals surface area contributed by atoms with Gasteiger partial charge in [0.15, 0.2) is 0 Å². The van der Waals surface area contributed by atoms with E-state index in [-0.39, 0.29) is 5.56 Å². The molecule has 1 aromatic rings. The van der Waals surface area contributed by atoms with Crippen molar-refractivity contribution in [3.05, 3.63) is 29.6 Å². The first-order chi connectivity index (χ1) is 9.22. The Balaban J connectivity index is 2.37. The SMILES string of the molecule is NC1(c2cc(OC(F)(F)F)ccc2F)CCCCC1O. The Morgan fingerprint density at radius 2 is 2.00 bits per heavy atom. The van der Waals surface area contributed by atoms with Gasteiger partial charge in [0.25, 0.3) is 0 Å². The zero-order chi connectivity index (χ0) is 15.0. The molecular weight excluding hydrogens is 278 g/mol. The Kier molecular flexibility index (Phi) is 3.93. The topological polar surface area (TPSA) is 55.5 Å². The molecule has 0 spiro atoms. The summed E-state index contributed by atoms with van der Waals surface area (Å²) in [5.74, 6) is -1.29. The second kappa shape index (κ2) is 5.21. The summed E-state index contributed by atoms with van der Waals surface area (Å²) in [6.45, 7) is 0. The summed E-state index contributed by atoms with van der Waals surface area (Å²) in [6, 6.07) is 2.66. The summed E-state index contributed by atoms with van der Waals surface area (Å²) in [7, 11) is 0. The van der Waals surface area contributed by atoms with Gasteiger partial charge >= 0.3 is 6.36 Å². The lowest BCUT2D eigenvalue weighted by Crippen LogP contribution is -2.50. The maximum atomic E-state index is 13.9. The van der Waals surface area contributed by atoms with Gasteiger partial charge in [-0.2, -0.15) is 0 Å². The van der Waals surface area contributed by atoms with Crippen molar-refractivity contribution in [3.8, 4) is 5.75 Å². The lowest BCUT2D eigenvalue weighted by atomic mass is 9.75. The van der Waals surface area contributed by atoms with Crippen LogP contribution in [0.5, 0.6) is 5.75 Å². The highest BCUT2D eigenvalue weighted by molar-refractivity contribution is 5.36. The fraction of sp³-hybridized carbons (Fsp3) is 0.538. The lowest BCUT2D eigenvalue weighted by Gasteiger charge is -2.38. The number of aliphatic hydroxyl groups is 1. The molecule has 0 aliphatic heterocycles. The zero-order valence-electron chi connectivity index (χ0n) is 10.6. The highest BCUT2D eigenvalue weighted by atomic mass is 19.4. The van der Waals surface area contributed by atoms with E-state index in [1.165, 1.54) is 0 Å². The van der Waals surface area contributed by atoms with Gasteiger partial charge < -0.3 is 15.6 Å². The fourth-order valence-corrected chi connectivity index (χ4v) is 2.55. The third kappa shape index (κ3) is 3.04. The third-order valence-corrected chi connectivity index (χ3v) is 3.59. The standard InChI is InChI=1S/C13H15F4NO2/c14-10-5-4-8(20-13(15,16)17)7-9(10)12(18)6-2-1-3-11(12)19/h4-5,7,11,19H,1-3,6,18H2. The molecule has 7 heteroatoms. The Bertz CT molecular complexity index is 492. The molecule has 1 aliphatic rings. The molecule has 3 nitrogen and oxygen atoms in total. The summed E-state index contributed by atoms with van der Waals surface area (Å²) in [6.07, 6.45) is -3.73. The molecule has 1 aliphatic carbocycles. The molecule has 3 N–H and O–H groups in total. The van der Waals surface area contributed by atoms with Crippen LogP contribution in [0.2, 0.25) is 0 Å². The molecule has 1 saturated carbocycles. The van der Waals surface area contributed by atoms with E-state index in [4.69, 9.17) is 5.73 Å². The molecular formula is C13H15F4NO2. The number of aliphatic hydroxyl groups excluding tert-OH is 1. The molecule has 0 radical (unpaired) electrons. The number of nitrogens with two attached hydrogens (primary N) is 1. The van der Waals surface area contributed by atoms with Crippen LogP contribution in [0.3, 0.4) is 0 Å². The van der Waals surface area contributed by atoms with Gasteiger partial charge in [0, 0.05) is 5.56 Å². The Morgan fingerprint density at radius 1 is 1.30 bits per heavy atom. The second-order valence-corrected chi connectivity index (χ2v) is 4.99. The molecule has 0 saturated heterocycles. The molecule has 2 unspecified atom stereocenters. The number of rotatable bonds is 2. The highest BCUT2D eigenvalue weighted by Crippen LogP contribution is 2.38. The molecule has 2 rings (SSSR count). The molecule has 1 aromatic carbocycles. The number of hydrogen-bond donors (Lipinski definition) is 2. The maximum Gasteiger partial charge on any atom is 0.573 e. The van der Waals surface area contributed by atoms with Crippen LogP contribution in [0.25, 0.3) is 0 Å². The Labute approximate surface area is 113 Å². The van der Waals surface area contributed by atoms with Crippen molar-refractivity contribution >= 4 is 0 Å². The van der Waals surface area contributed by atoms with Crippen LogP contribution in [0.15, 0.2) is 18.2 Å². The smallest absolute Gasteiger partial charge is 0.406 e. The third-order valence-electron chi connectivity index (χ3n) is 3.59. The van der Waals surface area contributed by atoms with Gasteiger partial charge in [-0.05, 0) is 31.0 Å². The number of hydrogen-bond acceptors (Lipinski definition) is 3. The van der Waals surface area contributed by atoms with Crippen LogP contribution in [0.4, 0.5) is 17.6 Å². The maximum absolute atomic E-state index is 13.9. The van der Waals surface area contributed by atoms with Crippen LogP contribution < -0.4 is 10.5 Å². The number of alkyl halides is 3. The zero-order valence-corrected chi connectivity index (χ0v) is 10.6. The number of ether oxygens (including phenoxy) is 1. The van der Waals surface area contributed by atoms with E-state index in [9.17, 15) is 22.7 Å². The molecule has 1 fully saturated rings. The largest absolute Gasteiger partial charge is 0.573 e. The van der Waals surface area contributed by atoms with Crippen molar-refractivity contribution < 1.29 is 27.4 Å². The van der Waals surface area contributed by atoms with Crippen molar-refractivity contribution in [2.75, 3.05) is 0 Å². The lowest BCUT2D eigenvalue weighted by molar-refractivity contribution is -0.274. The van der Waals surface area contributed by atoms with Gasteiger partial charge in [-0.25, -0.2) is 4.39 Å². The minimum absolute atomic E-state index is 0.147. The average Bonchev–Trinajstić information content (AvgIpc) is 2.34. The Hall–Kier alpha value is -1.34. The van der Waals surface area contributed by atoms with E-state index in [0.29, 0.717) is 19.3 Å². The molecule has 112 valence electrons. The van der Waals surface area contributed by atoms with E-state index < -0.39 is 29.6 Å². The van der Waals surface area contributed by atoms with Crippen LogP contribution >= 0.6 is 0 Å². The van der Waals surface area contributed by atoms with Crippen LogP contribution in [-0.4, -0.2) is 17.6 Å².